The van der Waals surface area contributed by atoms with E-state index in [0.717, 1.165) is 19.4 Å². The molecule has 2 rings (SSSR count). The quantitative estimate of drug-likeness (QED) is 0.608. The van der Waals surface area contributed by atoms with E-state index in [1.165, 1.54) is 12.8 Å². The van der Waals surface area contributed by atoms with Gasteiger partial charge in [-0.3, -0.25) is 0 Å². The Morgan fingerprint density at radius 1 is 1.00 bits per heavy atom. The summed E-state index contributed by atoms with van der Waals surface area (Å²) in [6.45, 7) is 2.38. The lowest BCUT2D eigenvalue weighted by Crippen LogP contribution is -2.49. The molecule has 0 spiro atoms. The Hall–Kier alpha value is -0.200. The second-order valence-electron chi connectivity index (χ2n) is 6.78. The van der Waals surface area contributed by atoms with E-state index in [1.54, 1.807) is 0 Å². The van der Waals surface area contributed by atoms with Crippen molar-refractivity contribution in [2.45, 2.75) is 38.1 Å². The average molecular weight is 273 g/mol. The highest BCUT2D eigenvalue weighted by Gasteiger charge is 2.48. The summed E-state index contributed by atoms with van der Waals surface area (Å²) in [6.07, 6.45) is 3.43. The molecule has 0 bridgehead atoms. The van der Waals surface area contributed by atoms with E-state index in [4.69, 9.17) is 5.11 Å². The van der Waals surface area contributed by atoms with Gasteiger partial charge in [0.1, 0.15) is 19.0 Å². The van der Waals surface area contributed by atoms with Crippen LogP contribution in [0.2, 0.25) is 0 Å². The van der Waals surface area contributed by atoms with Crippen LogP contribution in [0, 0.1) is 11.8 Å². The molecule has 0 aromatic carbocycles. The predicted molar refractivity (Wildman–Crippen MR) is 73.1 cm³/mol. The molecule has 0 amide bonds. The maximum Gasteiger partial charge on any atom is 0.112 e. The van der Waals surface area contributed by atoms with E-state index >= 15 is 0 Å². The van der Waals surface area contributed by atoms with Crippen molar-refractivity contribution in [2.24, 2.45) is 11.8 Å². The van der Waals surface area contributed by atoms with Crippen LogP contribution in [0.1, 0.15) is 25.7 Å². The molecule has 112 valence electrons. The molecule has 1 heterocycles. The number of likely N-dealkylation sites (tertiary alicyclic amines) is 1. The summed E-state index contributed by atoms with van der Waals surface area (Å²) in [6, 6.07) is 0. The van der Waals surface area contributed by atoms with Crippen LogP contribution in [0.5, 0.6) is 0 Å². The molecule has 0 aromatic rings. The predicted octanol–water partition coefficient (Wildman–Crippen LogP) is -0.186. The van der Waals surface area contributed by atoms with Gasteiger partial charge in [0, 0.05) is 11.8 Å². The third-order valence-electron chi connectivity index (χ3n) is 4.99. The van der Waals surface area contributed by atoms with Crippen molar-refractivity contribution in [1.29, 1.82) is 0 Å². The van der Waals surface area contributed by atoms with E-state index in [9.17, 15) is 10.2 Å². The van der Waals surface area contributed by atoms with Gasteiger partial charge in [0.25, 0.3) is 0 Å². The molecule has 0 radical (unpaired) electrons. The molecule has 0 aromatic heterocycles. The molecular formula is C14H29N2O3+. The first-order valence-electron chi connectivity index (χ1n) is 7.51. The maximum atomic E-state index is 10.4. The Morgan fingerprint density at radius 2 is 1.53 bits per heavy atom. The molecule has 4 atom stereocenters. The van der Waals surface area contributed by atoms with Crippen molar-refractivity contribution < 1.29 is 19.8 Å². The van der Waals surface area contributed by atoms with Gasteiger partial charge in [-0.1, -0.05) is 12.8 Å². The Morgan fingerprint density at radius 3 is 2.00 bits per heavy atom. The van der Waals surface area contributed by atoms with Crippen LogP contribution in [0.25, 0.3) is 0 Å². The van der Waals surface area contributed by atoms with Crippen LogP contribution >= 0.6 is 0 Å². The number of rotatable bonds is 5. The van der Waals surface area contributed by atoms with Crippen molar-refractivity contribution in [2.75, 3.05) is 40.3 Å². The van der Waals surface area contributed by atoms with Crippen molar-refractivity contribution in [1.82, 2.24) is 4.90 Å². The lowest BCUT2D eigenvalue weighted by atomic mass is 9.80. The fourth-order valence-electron chi connectivity index (χ4n) is 3.61. The first-order chi connectivity index (χ1) is 8.96. The minimum absolute atomic E-state index is 0.170. The Labute approximate surface area is 116 Å². The summed E-state index contributed by atoms with van der Waals surface area (Å²) in [5.74, 6) is 0.495. The van der Waals surface area contributed by atoms with Gasteiger partial charge in [-0.25, -0.2) is 4.90 Å². The normalized spacial score (nSPS) is 36.5. The van der Waals surface area contributed by atoms with E-state index < -0.39 is 12.5 Å². The Balaban J connectivity index is 1.93. The smallest absolute Gasteiger partial charge is 0.112 e. The molecule has 1 saturated carbocycles. The van der Waals surface area contributed by atoms with Crippen LogP contribution < -0.4 is 0 Å². The highest BCUT2D eigenvalue weighted by atomic mass is 16.3. The van der Waals surface area contributed by atoms with Gasteiger partial charge in [0.2, 0.25) is 0 Å². The SMILES string of the molecule is C[N+](C)(CCO)CCN1C(O)C2CCCCC2C1O. The number of hydrogen-bond donors (Lipinski definition) is 3. The van der Waals surface area contributed by atoms with Crippen LogP contribution in [-0.2, 0) is 0 Å². The van der Waals surface area contributed by atoms with E-state index in [2.05, 4.69) is 14.1 Å². The van der Waals surface area contributed by atoms with Gasteiger partial charge in [-0.15, -0.1) is 0 Å². The van der Waals surface area contributed by atoms with Gasteiger partial charge < -0.3 is 19.8 Å². The molecule has 1 saturated heterocycles. The van der Waals surface area contributed by atoms with Crippen molar-refractivity contribution in [3.63, 3.8) is 0 Å². The van der Waals surface area contributed by atoms with E-state index in [-0.39, 0.29) is 18.4 Å². The van der Waals surface area contributed by atoms with Crippen molar-refractivity contribution in [3.05, 3.63) is 0 Å². The minimum atomic E-state index is -0.491. The van der Waals surface area contributed by atoms with Gasteiger partial charge in [-0.05, 0) is 12.8 Å². The fraction of sp³-hybridized carbons (Fsp3) is 1.00. The van der Waals surface area contributed by atoms with E-state index in [0.29, 0.717) is 17.6 Å². The molecule has 5 heteroatoms. The van der Waals surface area contributed by atoms with Crippen LogP contribution in [-0.4, -0.2) is 77.5 Å². The average Bonchev–Trinajstić information content (AvgIpc) is 2.61. The van der Waals surface area contributed by atoms with Gasteiger partial charge >= 0.3 is 0 Å². The van der Waals surface area contributed by atoms with Gasteiger partial charge in [-0.2, -0.15) is 0 Å². The third-order valence-corrected chi connectivity index (χ3v) is 4.99. The molecule has 2 aliphatic rings. The zero-order chi connectivity index (χ0) is 14.0. The largest absolute Gasteiger partial charge is 0.391 e. The van der Waals surface area contributed by atoms with Crippen LogP contribution in [0.15, 0.2) is 0 Å². The lowest BCUT2D eigenvalue weighted by Gasteiger charge is -2.33. The summed E-state index contributed by atoms with van der Waals surface area (Å²) in [7, 11) is 4.14. The second-order valence-corrected chi connectivity index (χ2v) is 6.78. The molecule has 2 fully saturated rings. The number of aliphatic hydroxyl groups is 3. The van der Waals surface area contributed by atoms with E-state index in [1.807, 2.05) is 4.90 Å². The number of nitrogens with zero attached hydrogens (tertiary/aromatic N) is 2. The van der Waals surface area contributed by atoms with Crippen LogP contribution in [0.3, 0.4) is 0 Å². The standard InChI is InChI=1S/C14H29N2O3/c1-16(2,9-10-17)8-7-15-13(18)11-5-3-4-6-12(11)14(15)19/h11-14,17-19H,3-10H2,1-2H3/q+1. The highest BCUT2D eigenvalue weighted by molar-refractivity contribution is 4.92. The third kappa shape index (κ3) is 3.28. The summed E-state index contributed by atoms with van der Waals surface area (Å²) < 4.78 is 0.710. The number of fused-ring (bicyclic) bond motifs is 1. The molecule has 5 nitrogen and oxygen atoms in total. The molecule has 1 aliphatic heterocycles. The Bertz CT molecular complexity index is 280. The molecule has 4 unspecified atom stereocenters. The van der Waals surface area contributed by atoms with Crippen molar-refractivity contribution in [3.8, 4) is 0 Å². The molecule has 19 heavy (non-hydrogen) atoms. The zero-order valence-electron chi connectivity index (χ0n) is 12.2. The Kier molecular flexibility index (Phi) is 4.84. The minimum Gasteiger partial charge on any atom is -0.391 e. The summed E-state index contributed by atoms with van der Waals surface area (Å²) >= 11 is 0. The maximum absolute atomic E-state index is 10.4. The fourth-order valence-corrected chi connectivity index (χ4v) is 3.61. The molecule has 1 aliphatic carbocycles. The van der Waals surface area contributed by atoms with Crippen LogP contribution in [0.4, 0.5) is 0 Å². The molecular weight excluding hydrogens is 244 g/mol. The topological polar surface area (TPSA) is 63.9 Å². The number of likely N-dealkylation sites (N-methyl/N-ethyl adjacent to an activating group) is 1. The molecule has 3 N–H and O–H groups in total. The number of hydrogen-bond acceptors (Lipinski definition) is 4. The number of aliphatic hydroxyl groups excluding tert-OH is 3. The number of quaternary nitrogens is 1. The van der Waals surface area contributed by atoms with Gasteiger partial charge in [0.15, 0.2) is 0 Å². The lowest BCUT2D eigenvalue weighted by molar-refractivity contribution is -0.890. The zero-order valence-corrected chi connectivity index (χ0v) is 12.2. The summed E-state index contributed by atoms with van der Waals surface area (Å²) in [5.41, 5.74) is 0. The summed E-state index contributed by atoms with van der Waals surface area (Å²) in [5, 5.41) is 29.8. The first-order valence-corrected chi connectivity index (χ1v) is 7.51. The first kappa shape index (κ1) is 15.2. The summed E-state index contributed by atoms with van der Waals surface area (Å²) in [4.78, 5) is 1.86. The second kappa shape index (κ2) is 6.06. The van der Waals surface area contributed by atoms with Crippen molar-refractivity contribution >= 4 is 0 Å². The monoisotopic (exact) mass is 273 g/mol. The highest BCUT2D eigenvalue weighted by Crippen LogP contribution is 2.42. The van der Waals surface area contributed by atoms with Gasteiger partial charge in [0.05, 0.1) is 33.8 Å².